The van der Waals surface area contributed by atoms with Gasteiger partial charge in [0, 0.05) is 0 Å². The summed E-state index contributed by atoms with van der Waals surface area (Å²) < 4.78 is 5.02. The van der Waals surface area contributed by atoms with Crippen LogP contribution >= 0.6 is 23.3 Å². The van der Waals surface area contributed by atoms with Crippen LogP contribution in [0.15, 0.2) is 21.5 Å². The predicted octanol–water partition coefficient (Wildman–Crippen LogP) is 2.28. The van der Waals surface area contributed by atoms with Gasteiger partial charge in [0.1, 0.15) is 10.9 Å². The minimum atomic E-state index is 0.716. The predicted molar refractivity (Wildman–Crippen MR) is 62.2 cm³/mol. The van der Waals surface area contributed by atoms with Crippen molar-refractivity contribution in [3.8, 4) is 0 Å². The van der Waals surface area contributed by atoms with Crippen molar-refractivity contribution >= 4 is 29.0 Å². The van der Waals surface area contributed by atoms with Gasteiger partial charge in [-0.3, -0.25) is 0 Å². The van der Waals surface area contributed by atoms with Gasteiger partial charge in [0.2, 0.25) is 0 Å². The van der Waals surface area contributed by atoms with Gasteiger partial charge in [0.15, 0.2) is 4.34 Å². The molecule has 0 unspecified atom stereocenters. The highest BCUT2D eigenvalue weighted by Gasteiger charge is 2.05. The maximum atomic E-state index is 5.69. The molecule has 0 fully saturated rings. The van der Waals surface area contributed by atoms with E-state index in [0.717, 1.165) is 20.9 Å². The van der Waals surface area contributed by atoms with Gasteiger partial charge in [0.05, 0.1) is 11.4 Å². The van der Waals surface area contributed by atoms with Crippen molar-refractivity contribution in [1.82, 2.24) is 14.3 Å². The molecule has 6 heteroatoms. The summed E-state index contributed by atoms with van der Waals surface area (Å²) in [6, 6.07) is 3.75. The van der Waals surface area contributed by atoms with E-state index in [4.69, 9.17) is 5.73 Å². The van der Waals surface area contributed by atoms with Crippen LogP contribution in [0.3, 0.4) is 0 Å². The second-order valence-corrected chi connectivity index (χ2v) is 5.05. The summed E-state index contributed by atoms with van der Waals surface area (Å²) >= 11 is 2.89. The summed E-state index contributed by atoms with van der Waals surface area (Å²) in [5.74, 6) is 0.801. The molecule has 4 nitrogen and oxygen atoms in total. The van der Waals surface area contributed by atoms with Crippen molar-refractivity contribution in [3.63, 3.8) is 0 Å². The van der Waals surface area contributed by atoms with Gasteiger partial charge in [-0.15, -0.1) is 0 Å². The van der Waals surface area contributed by atoms with Crippen LogP contribution in [0, 0.1) is 13.8 Å². The van der Waals surface area contributed by atoms with Crippen LogP contribution < -0.4 is 5.73 Å². The fraction of sp³-hybridized carbons (Fsp3) is 0.222. The molecule has 0 aliphatic carbocycles. The molecular formula is C9H10N4S2. The average molecular weight is 238 g/mol. The van der Waals surface area contributed by atoms with Crippen molar-refractivity contribution in [3.05, 3.63) is 23.7 Å². The van der Waals surface area contributed by atoms with Gasteiger partial charge in [-0.1, -0.05) is 0 Å². The third kappa shape index (κ3) is 2.45. The molecule has 0 aliphatic heterocycles. The fourth-order valence-electron chi connectivity index (χ4n) is 1.01. The fourth-order valence-corrected chi connectivity index (χ4v) is 2.63. The summed E-state index contributed by atoms with van der Waals surface area (Å²) in [6.07, 6.45) is 0. The molecule has 2 N–H and O–H groups in total. The Labute approximate surface area is 96.1 Å². The summed E-state index contributed by atoms with van der Waals surface area (Å²) in [6.45, 7) is 3.77. The number of nitrogens with zero attached hydrogens (tertiary/aromatic N) is 3. The summed E-state index contributed by atoms with van der Waals surface area (Å²) in [7, 11) is 0. The van der Waals surface area contributed by atoms with Crippen LogP contribution in [0.1, 0.15) is 11.5 Å². The summed E-state index contributed by atoms with van der Waals surface area (Å²) in [5, 5.41) is 0.901. The highest BCUT2D eigenvalue weighted by molar-refractivity contribution is 8.00. The minimum Gasteiger partial charge on any atom is -0.397 e. The number of hydrogen-bond acceptors (Lipinski definition) is 6. The molecule has 2 aromatic rings. The topological polar surface area (TPSA) is 64.7 Å². The van der Waals surface area contributed by atoms with E-state index in [9.17, 15) is 0 Å². The van der Waals surface area contributed by atoms with E-state index in [-0.39, 0.29) is 0 Å². The molecule has 0 aromatic carbocycles. The van der Waals surface area contributed by atoms with Crippen LogP contribution in [0.5, 0.6) is 0 Å². The molecule has 0 radical (unpaired) electrons. The van der Waals surface area contributed by atoms with E-state index in [1.54, 1.807) is 0 Å². The number of hydrogen-bond donors (Lipinski definition) is 1. The van der Waals surface area contributed by atoms with Gasteiger partial charge in [-0.25, -0.2) is 9.97 Å². The summed E-state index contributed by atoms with van der Waals surface area (Å²) in [4.78, 5) is 8.61. The smallest absolute Gasteiger partial charge is 0.176 e. The maximum Gasteiger partial charge on any atom is 0.176 e. The normalized spacial score (nSPS) is 10.5. The zero-order chi connectivity index (χ0) is 10.8. The van der Waals surface area contributed by atoms with Gasteiger partial charge in [0.25, 0.3) is 0 Å². The molecule has 0 amide bonds. The van der Waals surface area contributed by atoms with Crippen LogP contribution in [-0.4, -0.2) is 14.3 Å². The van der Waals surface area contributed by atoms with Gasteiger partial charge < -0.3 is 5.73 Å². The SMILES string of the molecule is Cc1nsc(Sc2ccc(N)c(C)n2)n1. The van der Waals surface area contributed by atoms with Gasteiger partial charge >= 0.3 is 0 Å². The third-order valence-corrected chi connectivity index (χ3v) is 3.58. The first kappa shape index (κ1) is 10.4. The minimum absolute atomic E-state index is 0.716. The quantitative estimate of drug-likeness (QED) is 0.869. The van der Waals surface area contributed by atoms with E-state index in [0.29, 0.717) is 5.69 Å². The number of aryl methyl sites for hydroxylation is 2. The highest BCUT2D eigenvalue weighted by atomic mass is 32.2. The maximum absolute atomic E-state index is 5.69. The van der Waals surface area contributed by atoms with E-state index in [1.807, 2.05) is 26.0 Å². The lowest BCUT2D eigenvalue weighted by Crippen LogP contribution is -1.93. The third-order valence-electron chi connectivity index (χ3n) is 1.80. The molecule has 0 bridgehead atoms. The first-order valence-electron chi connectivity index (χ1n) is 4.36. The van der Waals surface area contributed by atoms with Crippen LogP contribution in [0.2, 0.25) is 0 Å². The second kappa shape index (κ2) is 4.16. The monoisotopic (exact) mass is 238 g/mol. The Kier molecular flexibility index (Phi) is 2.88. The standard InChI is InChI=1S/C9H10N4S2/c1-5-7(10)3-4-8(11-5)14-9-12-6(2)13-15-9/h3-4H,10H2,1-2H3. The Bertz CT molecular complexity index is 481. The molecule has 0 atom stereocenters. The summed E-state index contributed by atoms with van der Waals surface area (Å²) in [5.41, 5.74) is 7.25. The van der Waals surface area contributed by atoms with Crippen molar-refractivity contribution in [2.75, 3.05) is 5.73 Å². The largest absolute Gasteiger partial charge is 0.397 e. The van der Waals surface area contributed by atoms with Crippen LogP contribution in [0.4, 0.5) is 5.69 Å². The molecule has 2 rings (SSSR count). The van der Waals surface area contributed by atoms with Crippen molar-refractivity contribution < 1.29 is 0 Å². The lowest BCUT2D eigenvalue weighted by Gasteiger charge is -2.00. The number of rotatable bonds is 2. The molecule has 0 saturated heterocycles. The van der Waals surface area contributed by atoms with Crippen LogP contribution in [0.25, 0.3) is 0 Å². The number of nitrogens with two attached hydrogens (primary N) is 1. The Balaban J connectivity index is 2.21. The first-order chi connectivity index (χ1) is 7.15. The second-order valence-electron chi connectivity index (χ2n) is 3.03. The van der Waals surface area contributed by atoms with Crippen molar-refractivity contribution in [1.29, 1.82) is 0 Å². The van der Waals surface area contributed by atoms with E-state index in [1.165, 1.54) is 23.3 Å². The Morgan fingerprint density at radius 2 is 2.07 bits per heavy atom. The molecular weight excluding hydrogens is 228 g/mol. The number of pyridine rings is 1. The van der Waals surface area contributed by atoms with Crippen molar-refractivity contribution in [2.45, 2.75) is 23.2 Å². The van der Waals surface area contributed by atoms with E-state index < -0.39 is 0 Å². The van der Waals surface area contributed by atoms with Crippen LogP contribution in [-0.2, 0) is 0 Å². The lowest BCUT2D eigenvalue weighted by atomic mass is 10.3. The number of anilines is 1. The van der Waals surface area contributed by atoms with E-state index in [2.05, 4.69) is 14.3 Å². The molecule has 2 heterocycles. The average Bonchev–Trinajstić information content (AvgIpc) is 2.58. The Morgan fingerprint density at radius 3 is 2.67 bits per heavy atom. The molecule has 2 aromatic heterocycles. The van der Waals surface area contributed by atoms with Crippen molar-refractivity contribution in [2.24, 2.45) is 0 Å². The number of aromatic nitrogens is 3. The zero-order valence-corrected chi connectivity index (χ0v) is 10.0. The van der Waals surface area contributed by atoms with Gasteiger partial charge in [-0.2, -0.15) is 4.37 Å². The number of nitrogen functional groups attached to an aromatic ring is 1. The highest BCUT2D eigenvalue weighted by Crippen LogP contribution is 2.28. The zero-order valence-electron chi connectivity index (χ0n) is 8.39. The Morgan fingerprint density at radius 1 is 1.27 bits per heavy atom. The molecule has 0 saturated carbocycles. The van der Waals surface area contributed by atoms with E-state index >= 15 is 0 Å². The molecule has 0 aliphatic rings. The molecule has 15 heavy (non-hydrogen) atoms. The molecule has 78 valence electrons. The van der Waals surface area contributed by atoms with Gasteiger partial charge in [-0.05, 0) is 49.3 Å². The Hall–Kier alpha value is -1.14. The first-order valence-corrected chi connectivity index (χ1v) is 5.95. The lowest BCUT2D eigenvalue weighted by molar-refractivity contribution is 1.06. The molecule has 0 spiro atoms.